The number of hydrogen-bond acceptors (Lipinski definition) is 7. The van der Waals surface area contributed by atoms with E-state index in [1.807, 2.05) is 25.1 Å². The van der Waals surface area contributed by atoms with Crippen LogP contribution < -0.4 is 0 Å². The number of unbranched alkanes of at least 4 members (excludes halogenated alkanes) is 14. The minimum atomic E-state index is -0.699. The molecule has 1 unspecified atom stereocenters. The minimum Gasteiger partial charge on any atom is -0.461 e. The van der Waals surface area contributed by atoms with Crippen LogP contribution in [0.1, 0.15) is 168 Å². The predicted molar refractivity (Wildman–Crippen MR) is 202 cm³/mol. The van der Waals surface area contributed by atoms with Crippen molar-refractivity contribution in [3.05, 3.63) is 12.2 Å². The maximum atomic E-state index is 13.0. The molecule has 8 heteroatoms. The number of aliphatic hydroxyl groups is 1. The van der Waals surface area contributed by atoms with Gasteiger partial charge >= 0.3 is 5.97 Å². The number of esters is 1. The number of carbonyl (C=O) groups is 2. The summed E-state index contributed by atoms with van der Waals surface area (Å²) < 4.78 is 11.5. The largest absolute Gasteiger partial charge is 0.461 e. The number of thioether (sulfide) groups is 1. The lowest BCUT2D eigenvalue weighted by molar-refractivity contribution is -0.144. The van der Waals surface area contributed by atoms with Gasteiger partial charge < -0.3 is 24.4 Å². The van der Waals surface area contributed by atoms with E-state index in [4.69, 9.17) is 9.47 Å². The quantitative estimate of drug-likeness (QED) is 0.0313. The lowest BCUT2D eigenvalue weighted by Crippen LogP contribution is -2.31. The Balaban J connectivity index is 4.45. The highest BCUT2D eigenvalue weighted by molar-refractivity contribution is 8.13. The van der Waals surface area contributed by atoms with E-state index >= 15 is 0 Å². The summed E-state index contributed by atoms with van der Waals surface area (Å²) in [5.74, 6) is 0.640. The molecule has 0 aromatic rings. The Morgan fingerprint density at radius 2 is 1.23 bits per heavy atom. The van der Waals surface area contributed by atoms with Crippen LogP contribution in [0.25, 0.3) is 0 Å². The van der Waals surface area contributed by atoms with Crippen molar-refractivity contribution in [3.8, 4) is 0 Å². The molecule has 0 aliphatic heterocycles. The number of allylic oxidation sites excluding steroid dienone is 1. The molecule has 0 heterocycles. The Labute approximate surface area is 295 Å². The van der Waals surface area contributed by atoms with Gasteiger partial charge in [0.2, 0.25) is 0 Å². The average Bonchev–Trinajstić information content (AvgIpc) is 3.04. The summed E-state index contributed by atoms with van der Waals surface area (Å²) in [4.78, 5) is 29.2. The summed E-state index contributed by atoms with van der Waals surface area (Å²) in [5.41, 5.74) is 0. The molecule has 0 aromatic carbocycles. The van der Waals surface area contributed by atoms with E-state index in [0.29, 0.717) is 26.0 Å². The van der Waals surface area contributed by atoms with Gasteiger partial charge in [0.15, 0.2) is 6.29 Å². The maximum Gasteiger partial charge on any atom is 0.306 e. The Bertz CT molecular complexity index is 724. The first-order valence-corrected chi connectivity index (χ1v) is 20.5. The first kappa shape index (κ1) is 45.9. The van der Waals surface area contributed by atoms with Crippen molar-refractivity contribution in [3.63, 3.8) is 0 Å². The molecule has 0 rings (SSSR count). The fraction of sp³-hybridized carbons (Fsp3) is 0.897. The zero-order valence-corrected chi connectivity index (χ0v) is 32.3. The number of ether oxygens (including phenoxy) is 2. The van der Waals surface area contributed by atoms with E-state index in [9.17, 15) is 14.7 Å². The van der Waals surface area contributed by atoms with Gasteiger partial charge in [0.1, 0.15) is 6.61 Å². The van der Waals surface area contributed by atoms with Crippen molar-refractivity contribution < 1.29 is 24.2 Å². The fourth-order valence-electron chi connectivity index (χ4n) is 5.50. The van der Waals surface area contributed by atoms with E-state index in [2.05, 4.69) is 31.7 Å². The molecule has 0 fully saturated rings. The second-order valence-electron chi connectivity index (χ2n) is 13.5. The van der Waals surface area contributed by atoms with Gasteiger partial charge in [-0.3, -0.25) is 9.59 Å². The van der Waals surface area contributed by atoms with Crippen molar-refractivity contribution in [2.75, 3.05) is 46.1 Å². The molecule has 0 aliphatic rings. The zero-order valence-electron chi connectivity index (χ0n) is 31.5. The molecule has 1 N–H and O–H groups in total. The molecule has 0 saturated carbocycles. The minimum absolute atomic E-state index is 0.140. The zero-order chi connectivity index (χ0) is 34.8. The number of nitrogens with zero attached hydrogens (tertiary/aromatic N) is 2. The van der Waals surface area contributed by atoms with Crippen molar-refractivity contribution >= 4 is 23.0 Å². The van der Waals surface area contributed by atoms with Gasteiger partial charge in [0.25, 0.3) is 5.24 Å². The summed E-state index contributed by atoms with van der Waals surface area (Å²) in [6.07, 6.45) is 27.9. The maximum absolute atomic E-state index is 13.0. The first-order chi connectivity index (χ1) is 22.8. The van der Waals surface area contributed by atoms with E-state index < -0.39 is 6.29 Å². The van der Waals surface area contributed by atoms with Gasteiger partial charge in [-0.1, -0.05) is 128 Å². The Kier molecular flexibility index (Phi) is 34.0. The Morgan fingerprint density at radius 1 is 0.681 bits per heavy atom. The third kappa shape index (κ3) is 31.9. The molecule has 0 saturated heterocycles. The van der Waals surface area contributed by atoms with Gasteiger partial charge in [-0.05, 0) is 71.9 Å². The summed E-state index contributed by atoms with van der Waals surface area (Å²) in [7, 11) is 4.05. The molecule has 0 spiro atoms. The highest BCUT2D eigenvalue weighted by Gasteiger charge is 2.16. The second-order valence-corrected chi connectivity index (χ2v) is 14.5. The number of carbonyl (C=O) groups excluding carboxylic acids is 2. The van der Waals surface area contributed by atoms with Crippen LogP contribution in [-0.2, 0) is 14.3 Å². The molecule has 0 aromatic heterocycles. The van der Waals surface area contributed by atoms with Crippen molar-refractivity contribution in [2.45, 2.75) is 181 Å². The summed E-state index contributed by atoms with van der Waals surface area (Å²) in [5, 5.41) is 10.8. The SMILES string of the molecule is CCCCCC/C=C\COC(=O)CCCCCN(CCCCCC(O)OC(CCCCCC)CCCCCC)C(=O)SCCN(C)C. The lowest BCUT2D eigenvalue weighted by Gasteiger charge is -2.23. The van der Waals surface area contributed by atoms with Crippen molar-refractivity contribution in [1.82, 2.24) is 9.80 Å². The van der Waals surface area contributed by atoms with Gasteiger partial charge in [-0.15, -0.1) is 0 Å². The normalized spacial score (nSPS) is 12.4. The standard InChI is InChI=1S/C39H76N2O5S/c1-6-9-12-15-16-17-26-34-45-37(42)29-22-18-24-31-41(39(44)47-35-33-40(4)5)32-25-19-23-30-38(43)46-36(27-20-13-10-7-2)28-21-14-11-8-3/h17,26,36,38,43H,6-16,18-25,27-35H2,1-5H3/b26-17-. The summed E-state index contributed by atoms with van der Waals surface area (Å²) in [6, 6.07) is 0. The van der Waals surface area contributed by atoms with E-state index in [0.717, 1.165) is 76.6 Å². The third-order valence-electron chi connectivity index (χ3n) is 8.55. The highest BCUT2D eigenvalue weighted by Crippen LogP contribution is 2.19. The van der Waals surface area contributed by atoms with E-state index in [1.165, 1.54) is 88.8 Å². The third-order valence-corrected chi connectivity index (χ3v) is 9.44. The van der Waals surface area contributed by atoms with Crippen LogP contribution in [0.4, 0.5) is 4.79 Å². The number of hydrogen-bond donors (Lipinski definition) is 1. The van der Waals surface area contributed by atoms with Crippen LogP contribution in [0.5, 0.6) is 0 Å². The number of amides is 1. The second kappa shape index (κ2) is 34.8. The predicted octanol–water partition coefficient (Wildman–Crippen LogP) is 10.5. The molecule has 0 bridgehead atoms. The first-order valence-electron chi connectivity index (χ1n) is 19.5. The van der Waals surface area contributed by atoms with Crippen LogP contribution in [0.2, 0.25) is 0 Å². The van der Waals surface area contributed by atoms with Crippen LogP contribution in [0.3, 0.4) is 0 Å². The van der Waals surface area contributed by atoms with Gasteiger partial charge in [0.05, 0.1) is 6.10 Å². The molecule has 47 heavy (non-hydrogen) atoms. The molecule has 1 amide bonds. The van der Waals surface area contributed by atoms with Gasteiger partial charge in [0, 0.05) is 31.8 Å². The summed E-state index contributed by atoms with van der Waals surface area (Å²) in [6.45, 7) is 9.37. The molecule has 278 valence electrons. The average molecular weight is 685 g/mol. The molecule has 0 radical (unpaired) electrons. The van der Waals surface area contributed by atoms with E-state index in [-0.39, 0.29) is 17.3 Å². The molecule has 0 aliphatic carbocycles. The summed E-state index contributed by atoms with van der Waals surface area (Å²) >= 11 is 1.40. The van der Waals surface area contributed by atoms with Gasteiger partial charge in [-0.25, -0.2) is 0 Å². The van der Waals surface area contributed by atoms with E-state index in [1.54, 1.807) is 0 Å². The molecular formula is C39H76N2O5S. The molecule has 7 nitrogen and oxygen atoms in total. The lowest BCUT2D eigenvalue weighted by atomic mass is 10.0. The topological polar surface area (TPSA) is 79.3 Å². The fourth-order valence-corrected chi connectivity index (χ4v) is 6.50. The molecule has 1 atom stereocenters. The molecular weight excluding hydrogens is 609 g/mol. The number of rotatable bonds is 34. The smallest absolute Gasteiger partial charge is 0.306 e. The van der Waals surface area contributed by atoms with Crippen LogP contribution in [0.15, 0.2) is 12.2 Å². The Morgan fingerprint density at radius 3 is 1.83 bits per heavy atom. The van der Waals surface area contributed by atoms with Crippen LogP contribution >= 0.6 is 11.8 Å². The monoisotopic (exact) mass is 685 g/mol. The number of aliphatic hydroxyl groups excluding tert-OH is 1. The van der Waals surface area contributed by atoms with Crippen molar-refractivity contribution in [2.24, 2.45) is 0 Å². The highest BCUT2D eigenvalue weighted by atomic mass is 32.2. The van der Waals surface area contributed by atoms with Gasteiger partial charge in [-0.2, -0.15) is 0 Å². The van der Waals surface area contributed by atoms with Crippen molar-refractivity contribution in [1.29, 1.82) is 0 Å². The van der Waals surface area contributed by atoms with Crippen LogP contribution in [-0.4, -0.2) is 84.6 Å². The van der Waals surface area contributed by atoms with Crippen LogP contribution in [0, 0.1) is 0 Å². The Hall–Kier alpha value is -1.09.